The van der Waals surface area contributed by atoms with E-state index >= 15 is 0 Å². The second-order valence-corrected chi connectivity index (χ2v) is 4.57. The minimum Gasteiger partial charge on any atom is -0.393 e. The summed E-state index contributed by atoms with van der Waals surface area (Å²) >= 11 is 0. The van der Waals surface area contributed by atoms with E-state index in [9.17, 15) is 5.11 Å². The zero-order valence-corrected chi connectivity index (χ0v) is 9.65. The highest BCUT2D eigenvalue weighted by Crippen LogP contribution is 2.33. The van der Waals surface area contributed by atoms with Gasteiger partial charge in [0.15, 0.2) is 0 Å². The van der Waals surface area contributed by atoms with E-state index in [1.54, 1.807) is 10.8 Å². The van der Waals surface area contributed by atoms with Crippen molar-refractivity contribution in [2.45, 2.75) is 18.2 Å². The summed E-state index contributed by atoms with van der Waals surface area (Å²) in [4.78, 5) is 8.08. The van der Waals surface area contributed by atoms with Crippen LogP contribution in [0.1, 0.15) is 12.6 Å². The maximum Gasteiger partial charge on any atom is 0.147 e. The van der Waals surface area contributed by atoms with Crippen LogP contribution in [0.4, 0.5) is 5.82 Å². The molecule has 0 aliphatic carbocycles. The Morgan fingerprint density at radius 1 is 1.56 bits per heavy atom. The van der Waals surface area contributed by atoms with Crippen LogP contribution in [0.15, 0.2) is 18.6 Å². The van der Waals surface area contributed by atoms with E-state index in [0.29, 0.717) is 17.9 Å². The minimum atomic E-state index is -1.18. The third-order valence-corrected chi connectivity index (χ3v) is 3.24. The summed E-state index contributed by atoms with van der Waals surface area (Å²) in [7, 11) is 0. The van der Waals surface area contributed by atoms with Gasteiger partial charge in [0.05, 0.1) is 18.6 Å². The highest BCUT2D eigenvalue weighted by molar-refractivity contribution is 5.86. The van der Waals surface area contributed by atoms with Crippen LogP contribution in [0.2, 0.25) is 0 Å². The molecule has 0 saturated carbocycles. The molecular weight excluding hydrogens is 236 g/mol. The molecule has 7 heteroatoms. The maximum absolute atomic E-state index is 9.95. The molecule has 18 heavy (non-hydrogen) atoms. The smallest absolute Gasteiger partial charge is 0.147 e. The van der Waals surface area contributed by atoms with Crippen LogP contribution >= 0.6 is 0 Å². The summed E-state index contributed by atoms with van der Waals surface area (Å²) in [6.45, 7) is -0.214. The highest BCUT2D eigenvalue weighted by Gasteiger charge is 2.39. The van der Waals surface area contributed by atoms with E-state index in [1.807, 2.05) is 6.07 Å². The summed E-state index contributed by atoms with van der Waals surface area (Å²) in [6.07, 6.45) is 3.15. The van der Waals surface area contributed by atoms with E-state index < -0.39 is 5.60 Å². The fourth-order valence-electron chi connectivity index (χ4n) is 2.21. The number of hydrogen-bond acceptors (Lipinski definition) is 6. The molecular formula is C11H14N4O3. The highest BCUT2D eigenvalue weighted by atomic mass is 16.5. The van der Waals surface area contributed by atoms with E-state index in [2.05, 4.69) is 9.97 Å². The molecule has 2 aromatic heterocycles. The molecule has 1 fully saturated rings. The first-order valence-corrected chi connectivity index (χ1v) is 5.65. The van der Waals surface area contributed by atoms with Gasteiger partial charge in [-0.25, -0.2) is 9.97 Å². The van der Waals surface area contributed by atoms with Crippen molar-refractivity contribution in [3.63, 3.8) is 0 Å². The Morgan fingerprint density at radius 3 is 3.11 bits per heavy atom. The molecule has 7 nitrogen and oxygen atoms in total. The third kappa shape index (κ3) is 1.64. The van der Waals surface area contributed by atoms with Crippen molar-refractivity contribution in [3.05, 3.63) is 18.6 Å². The van der Waals surface area contributed by atoms with E-state index in [4.69, 9.17) is 15.6 Å². The van der Waals surface area contributed by atoms with Crippen LogP contribution in [0, 0.1) is 0 Å². The standard InChI is InChI=1S/C11H14N4O3/c12-9-7-1-2-15(10(7)14-6-13-9)8-3-11(17,4-16)5-18-8/h1-2,6,8,16-17H,3-5H2,(H2,12,13,14)/t8-,11?/m1/s1. The Balaban J connectivity index is 1.99. The van der Waals surface area contributed by atoms with Crippen LogP contribution < -0.4 is 5.73 Å². The number of rotatable bonds is 2. The number of nitrogens with zero attached hydrogens (tertiary/aromatic N) is 3. The van der Waals surface area contributed by atoms with Crippen molar-refractivity contribution in [1.82, 2.24) is 14.5 Å². The van der Waals surface area contributed by atoms with Gasteiger partial charge in [0.25, 0.3) is 0 Å². The molecule has 3 rings (SSSR count). The fraction of sp³-hybridized carbons (Fsp3) is 0.455. The van der Waals surface area contributed by atoms with E-state index in [0.717, 1.165) is 5.39 Å². The second kappa shape index (κ2) is 3.91. The van der Waals surface area contributed by atoms with Crippen LogP contribution in [-0.2, 0) is 4.74 Å². The number of aliphatic hydroxyl groups excluding tert-OH is 1. The van der Waals surface area contributed by atoms with Gasteiger partial charge in [0.1, 0.15) is 29.6 Å². The molecule has 2 aromatic rings. The van der Waals surface area contributed by atoms with Gasteiger partial charge in [-0.1, -0.05) is 0 Å². The van der Waals surface area contributed by atoms with Gasteiger partial charge in [-0.15, -0.1) is 0 Å². The summed E-state index contributed by atoms with van der Waals surface area (Å²) in [6, 6.07) is 1.81. The van der Waals surface area contributed by atoms with Gasteiger partial charge in [0, 0.05) is 12.6 Å². The van der Waals surface area contributed by atoms with E-state index in [-0.39, 0.29) is 19.4 Å². The summed E-state index contributed by atoms with van der Waals surface area (Å²) in [5, 5.41) is 19.8. The quantitative estimate of drug-likeness (QED) is 0.673. The van der Waals surface area contributed by atoms with Crippen molar-refractivity contribution in [2.75, 3.05) is 18.9 Å². The van der Waals surface area contributed by atoms with Crippen molar-refractivity contribution in [1.29, 1.82) is 0 Å². The Bertz CT molecular complexity index is 585. The van der Waals surface area contributed by atoms with Gasteiger partial charge in [-0.3, -0.25) is 0 Å². The predicted octanol–water partition coefficient (Wildman–Crippen LogP) is -0.344. The van der Waals surface area contributed by atoms with Crippen molar-refractivity contribution in [3.8, 4) is 0 Å². The first-order valence-electron chi connectivity index (χ1n) is 5.65. The molecule has 2 atom stereocenters. The summed E-state index contributed by atoms with van der Waals surface area (Å²) in [5.41, 5.74) is 5.23. The maximum atomic E-state index is 9.95. The van der Waals surface area contributed by atoms with Gasteiger partial charge in [0.2, 0.25) is 0 Å². The monoisotopic (exact) mass is 250 g/mol. The zero-order chi connectivity index (χ0) is 12.8. The number of aliphatic hydroxyl groups is 2. The molecule has 0 radical (unpaired) electrons. The SMILES string of the molecule is Nc1ncnc2c1ccn2[C@H]1CC(O)(CO)CO1. The molecule has 4 N–H and O–H groups in total. The normalized spacial score (nSPS) is 28.0. The van der Waals surface area contributed by atoms with Gasteiger partial charge < -0.3 is 25.3 Å². The second-order valence-electron chi connectivity index (χ2n) is 4.57. The Hall–Kier alpha value is -1.70. The number of nitrogen functional groups attached to an aromatic ring is 1. The lowest BCUT2D eigenvalue weighted by molar-refractivity contribution is -0.0235. The van der Waals surface area contributed by atoms with E-state index in [1.165, 1.54) is 6.33 Å². The molecule has 0 spiro atoms. The number of ether oxygens (including phenoxy) is 1. The number of anilines is 1. The molecule has 1 aliphatic rings. The lowest BCUT2D eigenvalue weighted by Gasteiger charge is -2.17. The number of hydrogen-bond donors (Lipinski definition) is 3. The molecule has 0 bridgehead atoms. The lowest BCUT2D eigenvalue weighted by Crippen LogP contribution is -2.33. The molecule has 0 aromatic carbocycles. The average molecular weight is 250 g/mol. The predicted molar refractivity (Wildman–Crippen MR) is 63.6 cm³/mol. The van der Waals surface area contributed by atoms with Gasteiger partial charge in [-0.05, 0) is 6.07 Å². The minimum absolute atomic E-state index is 0.106. The number of fused-ring (bicyclic) bond motifs is 1. The Kier molecular flexibility index (Phi) is 2.47. The molecule has 1 aliphatic heterocycles. The van der Waals surface area contributed by atoms with Crippen LogP contribution in [-0.4, -0.2) is 43.6 Å². The molecule has 96 valence electrons. The Labute approximate surface area is 103 Å². The van der Waals surface area contributed by atoms with Gasteiger partial charge >= 0.3 is 0 Å². The fourth-order valence-corrected chi connectivity index (χ4v) is 2.21. The molecule has 3 heterocycles. The summed E-state index contributed by atoms with van der Waals surface area (Å²) < 4.78 is 7.30. The first kappa shape index (κ1) is 11.4. The zero-order valence-electron chi connectivity index (χ0n) is 9.65. The van der Waals surface area contributed by atoms with Crippen molar-refractivity contribution < 1.29 is 14.9 Å². The average Bonchev–Trinajstić information content (AvgIpc) is 2.94. The van der Waals surface area contributed by atoms with Crippen molar-refractivity contribution >= 4 is 16.9 Å². The van der Waals surface area contributed by atoms with Crippen LogP contribution in [0.3, 0.4) is 0 Å². The lowest BCUT2D eigenvalue weighted by atomic mass is 10.0. The van der Waals surface area contributed by atoms with Crippen molar-refractivity contribution in [2.24, 2.45) is 0 Å². The largest absolute Gasteiger partial charge is 0.393 e. The van der Waals surface area contributed by atoms with Gasteiger partial charge in [-0.2, -0.15) is 0 Å². The Morgan fingerprint density at radius 2 is 2.39 bits per heavy atom. The third-order valence-electron chi connectivity index (χ3n) is 3.24. The summed E-state index contributed by atoms with van der Waals surface area (Å²) in [5.74, 6) is 0.411. The molecule has 0 amide bonds. The van der Waals surface area contributed by atoms with Crippen LogP contribution in [0.25, 0.3) is 11.0 Å². The molecule has 1 unspecified atom stereocenters. The number of nitrogens with two attached hydrogens (primary N) is 1. The number of aromatic nitrogens is 3. The van der Waals surface area contributed by atoms with Crippen LogP contribution in [0.5, 0.6) is 0 Å². The topological polar surface area (TPSA) is 106 Å². The molecule has 1 saturated heterocycles. The first-order chi connectivity index (χ1) is 8.63.